The lowest BCUT2D eigenvalue weighted by Gasteiger charge is -2.15. The normalized spacial score (nSPS) is 12.9. The van der Waals surface area contributed by atoms with Crippen molar-refractivity contribution in [2.75, 3.05) is 19.8 Å². The molecule has 0 aliphatic rings. The Hall–Kier alpha value is -1.65. The van der Waals surface area contributed by atoms with Gasteiger partial charge in [-0.1, -0.05) is 140 Å². The topological polar surface area (TPSA) is 55.8 Å². The summed E-state index contributed by atoms with van der Waals surface area (Å²) >= 11 is 0. The summed E-state index contributed by atoms with van der Waals surface area (Å²) in [4.78, 5) is 12.1. The molecule has 0 amide bonds. The van der Waals surface area contributed by atoms with E-state index in [1.54, 1.807) is 0 Å². The molecule has 0 heterocycles. The first-order valence-electron chi connectivity index (χ1n) is 18.7. The van der Waals surface area contributed by atoms with Crippen molar-refractivity contribution in [3.8, 4) is 0 Å². The summed E-state index contributed by atoms with van der Waals surface area (Å²) in [6.45, 7) is 5.27. The summed E-state index contributed by atoms with van der Waals surface area (Å²) in [5, 5.41) is 9.55. The van der Waals surface area contributed by atoms with E-state index in [0.29, 0.717) is 13.0 Å². The number of carbonyl (C=O) groups excluding carboxylic acids is 1. The fraction of sp³-hybridized carbons (Fsp3) is 0.775. The molecule has 0 rings (SSSR count). The maximum Gasteiger partial charge on any atom is 0.306 e. The first-order chi connectivity index (χ1) is 21.7. The number of unbranched alkanes of at least 4 members (excludes halogenated alkanes) is 18. The molecule has 0 radical (unpaired) electrons. The second-order valence-electron chi connectivity index (χ2n) is 12.3. The lowest BCUT2D eigenvalue weighted by Crippen LogP contribution is -2.27. The molecule has 0 aliphatic carbocycles. The smallest absolute Gasteiger partial charge is 0.306 e. The van der Waals surface area contributed by atoms with E-state index < -0.39 is 6.10 Å². The summed E-state index contributed by atoms with van der Waals surface area (Å²) in [5.41, 5.74) is 0. The van der Waals surface area contributed by atoms with Crippen LogP contribution >= 0.6 is 0 Å². The van der Waals surface area contributed by atoms with Crippen molar-refractivity contribution in [2.45, 2.75) is 180 Å². The van der Waals surface area contributed by atoms with Gasteiger partial charge in [-0.15, -0.1) is 0 Å². The molecular formula is C40H72O4. The zero-order valence-corrected chi connectivity index (χ0v) is 29.2. The molecule has 1 N–H and O–H groups in total. The SMILES string of the molecule is CCCCC/C=C\C/C=C\C/C=C\CCCCCCCCC(=O)OC(CO)COCCCCCCCC/C=C\CCCCC. The summed E-state index contributed by atoms with van der Waals surface area (Å²) in [7, 11) is 0. The average molecular weight is 617 g/mol. The van der Waals surface area contributed by atoms with Crippen molar-refractivity contribution < 1.29 is 19.4 Å². The number of carbonyl (C=O) groups is 1. The molecule has 256 valence electrons. The van der Waals surface area contributed by atoms with Gasteiger partial charge in [0.05, 0.1) is 13.2 Å². The van der Waals surface area contributed by atoms with E-state index in [0.717, 1.165) is 44.9 Å². The number of hydrogen-bond acceptors (Lipinski definition) is 4. The fourth-order valence-electron chi connectivity index (χ4n) is 5.03. The van der Waals surface area contributed by atoms with Gasteiger partial charge in [0.1, 0.15) is 6.10 Å². The first kappa shape index (κ1) is 42.3. The van der Waals surface area contributed by atoms with E-state index in [1.807, 2.05) is 0 Å². The van der Waals surface area contributed by atoms with Gasteiger partial charge in [-0.25, -0.2) is 0 Å². The van der Waals surface area contributed by atoms with Crippen molar-refractivity contribution in [3.05, 3.63) is 48.6 Å². The van der Waals surface area contributed by atoms with E-state index in [4.69, 9.17) is 9.47 Å². The Morgan fingerprint density at radius 1 is 0.545 bits per heavy atom. The van der Waals surface area contributed by atoms with Crippen LogP contribution in [0.5, 0.6) is 0 Å². The molecule has 0 spiro atoms. The van der Waals surface area contributed by atoms with Crippen molar-refractivity contribution in [1.29, 1.82) is 0 Å². The number of hydrogen-bond donors (Lipinski definition) is 1. The first-order valence-corrected chi connectivity index (χ1v) is 18.7. The molecule has 1 atom stereocenters. The lowest BCUT2D eigenvalue weighted by molar-refractivity contribution is -0.154. The molecule has 4 nitrogen and oxygen atoms in total. The standard InChI is InChI=1S/C40H72O4/c1-3-5-7-9-11-13-15-17-18-19-20-21-22-23-25-27-29-31-33-35-40(42)44-39(37-41)38-43-36-34-32-30-28-26-24-16-14-12-10-8-6-4-2/h11-14,17-18,20-21,39,41H,3-10,15-16,19,22-38H2,1-2H3/b13-11-,14-12-,18-17-,21-20-. The van der Waals surface area contributed by atoms with Crippen LogP contribution in [0, 0.1) is 0 Å². The third kappa shape index (κ3) is 34.8. The van der Waals surface area contributed by atoms with Gasteiger partial charge in [0.15, 0.2) is 0 Å². The highest BCUT2D eigenvalue weighted by Crippen LogP contribution is 2.11. The lowest BCUT2D eigenvalue weighted by atomic mass is 10.1. The predicted octanol–water partition coefficient (Wildman–Crippen LogP) is 11.9. The molecule has 0 aliphatic heterocycles. The number of aliphatic hydroxyl groups excluding tert-OH is 1. The summed E-state index contributed by atoms with van der Waals surface area (Å²) in [6.07, 6.45) is 47.2. The third-order valence-electron chi connectivity index (χ3n) is 7.88. The van der Waals surface area contributed by atoms with Crippen LogP contribution in [0.4, 0.5) is 0 Å². The van der Waals surface area contributed by atoms with Gasteiger partial charge in [-0.3, -0.25) is 4.79 Å². The summed E-state index contributed by atoms with van der Waals surface area (Å²) < 4.78 is 11.1. The maximum atomic E-state index is 12.1. The van der Waals surface area contributed by atoms with Crippen LogP contribution in [0.2, 0.25) is 0 Å². The van der Waals surface area contributed by atoms with E-state index in [2.05, 4.69) is 62.5 Å². The Labute approximate surface area is 273 Å². The van der Waals surface area contributed by atoms with E-state index in [9.17, 15) is 9.90 Å². The quantitative estimate of drug-likeness (QED) is 0.0444. The average Bonchev–Trinajstić information content (AvgIpc) is 3.03. The van der Waals surface area contributed by atoms with Crippen LogP contribution in [0.3, 0.4) is 0 Å². The largest absolute Gasteiger partial charge is 0.457 e. The number of esters is 1. The van der Waals surface area contributed by atoms with Gasteiger partial charge in [-0.05, 0) is 77.0 Å². The van der Waals surface area contributed by atoms with Crippen LogP contribution in [-0.4, -0.2) is 37.0 Å². The van der Waals surface area contributed by atoms with E-state index in [-0.39, 0.29) is 19.2 Å². The predicted molar refractivity (Wildman–Crippen MR) is 191 cm³/mol. The minimum Gasteiger partial charge on any atom is -0.457 e. The maximum absolute atomic E-state index is 12.1. The highest BCUT2D eigenvalue weighted by Gasteiger charge is 2.13. The molecule has 0 aromatic carbocycles. The van der Waals surface area contributed by atoms with Crippen molar-refractivity contribution in [1.82, 2.24) is 0 Å². The van der Waals surface area contributed by atoms with E-state index in [1.165, 1.54) is 109 Å². The van der Waals surface area contributed by atoms with Crippen LogP contribution in [0.1, 0.15) is 174 Å². The second kappa shape index (κ2) is 37.5. The van der Waals surface area contributed by atoms with Crippen molar-refractivity contribution in [2.24, 2.45) is 0 Å². The Kier molecular flexibility index (Phi) is 36.1. The number of rotatable bonds is 34. The molecule has 0 saturated carbocycles. The molecule has 44 heavy (non-hydrogen) atoms. The van der Waals surface area contributed by atoms with Gasteiger partial charge < -0.3 is 14.6 Å². The number of ether oxygens (including phenoxy) is 2. The third-order valence-corrected chi connectivity index (χ3v) is 7.88. The zero-order valence-electron chi connectivity index (χ0n) is 29.2. The molecule has 4 heteroatoms. The second-order valence-corrected chi connectivity index (χ2v) is 12.3. The van der Waals surface area contributed by atoms with Crippen LogP contribution in [0.25, 0.3) is 0 Å². The van der Waals surface area contributed by atoms with Gasteiger partial charge in [-0.2, -0.15) is 0 Å². The summed E-state index contributed by atoms with van der Waals surface area (Å²) in [6, 6.07) is 0. The Bertz CT molecular complexity index is 693. The molecule has 0 aromatic heterocycles. The highest BCUT2D eigenvalue weighted by molar-refractivity contribution is 5.69. The van der Waals surface area contributed by atoms with E-state index >= 15 is 0 Å². The highest BCUT2D eigenvalue weighted by atomic mass is 16.6. The Balaban J connectivity index is 3.50. The molecule has 0 aromatic rings. The van der Waals surface area contributed by atoms with Crippen molar-refractivity contribution in [3.63, 3.8) is 0 Å². The summed E-state index contributed by atoms with van der Waals surface area (Å²) in [5.74, 6) is -0.217. The van der Waals surface area contributed by atoms with Crippen molar-refractivity contribution >= 4 is 5.97 Å². The van der Waals surface area contributed by atoms with Gasteiger partial charge in [0.25, 0.3) is 0 Å². The number of aliphatic hydroxyl groups is 1. The Morgan fingerprint density at radius 3 is 1.45 bits per heavy atom. The van der Waals surface area contributed by atoms with Crippen LogP contribution in [-0.2, 0) is 14.3 Å². The molecular weight excluding hydrogens is 544 g/mol. The van der Waals surface area contributed by atoms with Gasteiger partial charge >= 0.3 is 5.97 Å². The molecule has 0 saturated heterocycles. The molecule has 0 bridgehead atoms. The van der Waals surface area contributed by atoms with Crippen LogP contribution in [0.15, 0.2) is 48.6 Å². The molecule has 0 fully saturated rings. The number of allylic oxidation sites excluding steroid dienone is 8. The minimum atomic E-state index is -0.543. The zero-order chi connectivity index (χ0) is 32.0. The molecule has 1 unspecified atom stereocenters. The van der Waals surface area contributed by atoms with Gasteiger partial charge in [0.2, 0.25) is 0 Å². The monoisotopic (exact) mass is 617 g/mol. The van der Waals surface area contributed by atoms with Crippen LogP contribution < -0.4 is 0 Å². The minimum absolute atomic E-state index is 0.180. The Morgan fingerprint density at radius 2 is 0.955 bits per heavy atom. The van der Waals surface area contributed by atoms with Gasteiger partial charge in [0, 0.05) is 13.0 Å². The fourth-order valence-corrected chi connectivity index (χ4v) is 5.03.